The number of halogens is 1. The van der Waals surface area contributed by atoms with Gasteiger partial charge in [-0.05, 0) is 48.9 Å². The molecule has 1 heterocycles. The van der Waals surface area contributed by atoms with Gasteiger partial charge in [0.05, 0.1) is 0 Å². The van der Waals surface area contributed by atoms with Crippen molar-refractivity contribution in [3.05, 3.63) is 102 Å². The second-order valence-corrected chi connectivity index (χ2v) is 8.39. The van der Waals surface area contributed by atoms with E-state index in [1.165, 1.54) is 11.1 Å². The number of rotatable bonds is 8. The smallest absolute Gasteiger partial charge is 0.227 e. The molecule has 1 aliphatic heterocycles. The number of hydrogen-bond acceptors (Lipinski definition) is 2. The number of piperidine rings is 1. The zero-order valence-electron chi connectivity index (χ0n) is 18.6. The van der Waals surface area contributed by atoms with Crippen molar-refractivity contribution >= 4 is 24.0 Å². The Kier molecular flexibility index (Phi) is 9.33. The van der Waals surface area contributed by atoms with Crippen LogP contribution in [-0.2, 0) is 17.6 Å². The van der Waals surface area contributed by atoms with Crippen LogP contribution in [0.5, 0.6) is 0 Å². The minimum absolute atomic E-state index is 0. The van der Waals surface area contributed by atoms with E-state index in [4.69, 9.17) is 0 Å². The average molecular weight is 449 g/mol. The minimum Gasteiger partial charge on any atom is -0.309 e. The number of carbonyl (C=O) groups excluding carboxylic acids is 1. The summed E-state index contributed by atoms with van der Waals surface area (Å²) in [7, 11) is 0. The summed E-state index contributed by atoms with van der Waals surface area (Å²) in [6.45, 7) is 3.18. The summed E-state index contributed by atoms with van der Waals surface area (Å²) < 4.78 is 0. The van der Waals surface area contributed by atoms with Crippen molar-refractivity contribution in [1.29, 1.82) is 0 Å². The van der Waals surface area contributed by atoms with E-state index in [0.29, 0.717) is 6.42 Å². The molecular weight excluding hydrogens is 416 g/mol. The Labute approximate surface area is 198 Å². The van der Waals surface area contributed by atoms with Crippen LogP contribution in [0, 0.1) is 0 Å². The zero-order valence-corrected chi connectivity index (χ0v) is 19.4. The topological polar surface area (TPSA) is 23.6 Å². The van der Waals surface area contributed by atoms with Crippen LogP contribution in [0.15, 0.2) is 91.0 Å². The Morgan fingerprint density at radius 3 is 1.81 bits per heavy atom. The van der Waals surface area contributed by atoms with Gasteiger partial charge in [-0.1, -0.05) is 78.9 Å². The van der Waals surface area contributed by atoms with Crippen LogP contribution in [0.25, 0.3) is 0 Å². The lowest BCUT2D eigenvalue weighted by molar-refractivity contribution is -0.119. The molecule has 0 aromatic heterocycles. The van der Waals surface area contributed by atoms with Crippen LogP contribution >= 0.6 is 12.4 Å². The molecule has 3 nitrogen and oxygen atoms in total. The summed E-state index contributed by atoms with van der Waals surface area (Å²) in [6.07, 6.45) is 4.48. The Balaban J connectivity index is 0.00000289. The van der Waals surface area contributed by atoms with Crippen molar-refractivity contribution in [3.8, 4) is 0 Å². The quantitative estimate of drug-likeness (QED) is 0.436. The first-order valence-corrected chi connectivity index (χ1v) is 11.5. The van der Waals surface area contributed by atoms with Crippen LogP contribution in [0.4, 0.5) is 5.69 Å². The molecule has 1 amide bonds. The fourth-order valence-electron chi connectivity index (χ4n) is 4.50. The predicted molar refractivity (Wildman–Crippen MR) is 136 cm³/mol. The van der Waals surface area contributed by atoms with Gasteiger partial charge >= 0.3 is 0 Å². The third-order valence-electron chi connectivity index (χ3n) is 6.26. The fourth-order valence-corrected chi connectivity index (χ4v) is 4.50. The Hall–Kier alpha value is -2.62. The van der Waals surface area contributed by atoms with Gasteiger partial charge in [-0.15, -0.1) is 12.4 Å². The number of anilines is 1. The molecule has 0 atom stereocenters. The average Bonchev–Trinajstić information content (AvgIpc) is 2.84. The van der Waals surface area contributed by atoms with Gasteiger partial charge in [0, 0.05) is 37.8 Å². The number of carbonyl (C=O) groups is 1. The van der Waals surface area contributed by atoms with Gasteiger partial charge in [0.15, 0.2) is 0 Å². The number of para-hydroxylation sites is 1. The first kappa shape index (κ1) is 24.0. The third kappa shape index (κ3) is 6.69. The van der Waals surface area contributed by atoms with Gasteiger partial charge in [0.1, 0.15) is 0 Å². The maximum Gasteiger partial charge on any atom is 0.227 e. The molecule has 32 heavy (non-hydrogen) atoms. The van der Waals surface area contributed by atoms with Crippen LogP contribution in [0.1, 0.15) is 30.4 Å². The van der Waals surface area contributed by atoms with Crippen molar-refractivity contribution in [2.24, 2.45) is 0 Å². The van der Waals surface area contributed by atoms with E-state index in [2.05, 4.69) is 64.4 Å². The summed E-state index contributed by atoms with van der Waals surface area (Å²) in [5.41, 5.74) is 3.65. The van der Waals surface area contributed by atoms with E-state index in [1.54, 1.807) is 0 Å². The van der Waals surface area contributed by atoms with Crippen molar-refractivity contribution in [2.75, 3.05) is 24.5 Å². The Bertz CT molecular complexity index is 925. The van der Waals surface area contributed by atoms with Crippen LogP contribution in [-0.4, -0.2) is 36.5 Å². The monoisotopic (exact) mass is 448 g/mol. The van der Waals surface area contributed by atoms with Crippen LogP contribution in [0.2, 0.25) is 0 Å². The van der Waals surface area contributed by atoms with Gasteiger partial charge < -0.3 is 9.80 Å². The molecule has 1 saturated heterocycles. The normalized spacial score (nSPS) is 14.5. The zero-order chi connectivity index (χ0) is 21.3. The molecule has 0 N–H and O–H groups in total. The highest BCUT2D eigenvalue weighted by molar-refractivity contribution is 5.94. The lowest BCUT2D eigenvalue weighted by atomic mass is 10.00. The van der Waals surface area contributed by atoms with Crippen LogP contribution < -0.4 is 4.90 Å². The molecule has 4 rings (SSSR count). The highest BCUT2D eigenvalue weighted by atomic mass is 35.5. The van der Waals surface area contributed by atoms with Gasteiger partial charge in [0.25, 0.3) is 0 Å². The molecular formula is C28H33ClN2O. The van der Waals surface area contributed by atoms with Gasteiger partial charge in [-0.25, -0.2) is 0 Å². The number of benzene rings is 3. The Morgan fingerprint density at radius 2 is 1.25 bits per heavy atom. The van der Waals surface area contributed by atoms with E-state index < -0.39 is 0 Å². The molecule has 168 valence electrons. The summed E-state index contributed by atoms with van der Waals surface area (Å²) in [6, 6.07) is 31.5. The van der Waals surface area contributed by atoms with Crippen LogP contribution in [0.3, 0.4) is 0 Å². The molecule has 0 bridgehead atoms. The lowest BCUT2D eigenvalue weighted by Gasteiger charge is -2.38. The fraction of sp³-hybridized carbons (Fsp3) is 0.321. The van der Waals surface area contributed by atoms with Crippen molar-refractivity contribution in [1.82, 2.24) is 4.90 Å². The molecule has 0 aliphatic carbocycles. The van der Waals surface area contributed by atoms with E-state index in [-0.39, 0.29) is 24.4 Å². The molecule has 0 spiro atoms. The highest BCUT2D eigenvalue weighted by Gasteiger charge is 2.28. The predicted octanol–water partition coefficient (Wildman–Crippen LogP) is 5.78. The van der Waals surface area contributed by atoms with Crippen molar-refractivity contribution in [2.45, 2.75) is 38.1 Å². The van der Waals surface area contributed by atoms with Crippen molar-refractivity contribution in [3.63, 3.8) is 0 Å². The number of aryl methyl sites for hydroxylation is 1. The highest BCUT2D eigenvalue weighted by Crippen LogP contribution is 2.25. The van der Waals surface area contributed by atoms with E-state index in [0.717, 1.165) is 51.0 Å². The van der Waals surface area contributed by atoms with Gasteiger partial charge in [-0.3, -0.25) is 4.79 Å². The summed E-state index contributed by atoms with van der Waals surface area (Å²) in [4.78, 5) is 17.9. The molecule has 3 aromatic carbocycles. The second-order valence-electron chi connectivity index (χ2n) is 8.39. The first-order valence-electron chi connectivity index (χ1n) is 11.5. The summed E-state index contributed by atoms with van der Waals surface area (Å²) in [5.74, 6) is 0.234. The lowest BCUT2D eigenvalue weighted by Crippen LogP contribution is -2.48. The SMILES string of the molecule is Cl.O=C(CCc1ccccc1)N(c1ccccc1)C1CCN(CCc2ccccc2)CC1. The third-order valence-corrected chi connectivity index (χ3v) is 6.26. The largest absolute Gasteiger partial charge is 0.309 e. The van der Waals surface area contributed by atoms with Crippen molar-refractivity contribution < 1.29 is 4.79 Å². The summed E-state index contributed by atoms with van der Waals surface area (Å²) in [5, 5.41) is 0. The number of amides is 1. The molecule has 0 unspecified atom stereocenters. The Morgan fingerprint density at radius 1 is 0.750 bits per heavy atom. The maximum atomic E-state index is 13.3. The molecule has 0 radical (unpaired) electrons. The van der Waals surface area contributed by atoms with E-state index in [1.807, 2.05) is 36.4 Å². The molecule has 3 aromatic rings. The van der Waals surface area contributed by atoms with E-state index >= 15 is 0 Å². The second kappa shape index (κ2) is 12.4. The molecule has 4 heteroatoms. The van der Waals surface area contributed by atoms with E-state index in [9.17, 15) is 4.79 Å². The van der Waals surface area contributed by atoms with Gasteiger partial charge in [-0.2, -0.15) is 0 Å². The number of likely N-dealkylation sites (tertiary alicyclic amines) is 1. The number of nitrogens with zero attached hydrogens (tertiary/aromatic N) is 2. The first-order chi connectivity index (χ1) is 15.3. The molecule has 1 fully saturated rings. The number of hydrogen-bond donors (Lipinski definition) is 0. The standard InChI is InChI=1S/C28H32N2O.ClH/c31-28(17-16-24-10-4-1-5-11-24)30(26-14-8-3-9-15-26)27-19-22-29(23-20-27)21-18-25-12-6-2-7-13-25;/h1-15,27H,16-23H2;1H. The molecule has 0 saturated carbocycles. The molecule has 1 aliphatic rings. The summed E-state index contributed by atoms with van der Waals surface area (Å²) >= 11 is 0. The van der Waals surface area contributed by atoms with Gasteiger partial charge in [0.2, 0.25) is 5.91 Å². The minimum atomic E-state index is 0. The maximum absolute atomic E-state index is 13.3.